The lowest BCUT2D eigenvalue weighted by Gasteiger charge is -2.55. The Morgan fingerprint density at radius 2 is 1.58 bits per heavy atom. The van der Waals surface area contributed by atoms with Crippen molar-refractivity contribution in [1.29, 1.82) is 0 Å². The highest BCUT2D eigenvalue weighted by Crippen LogP contribution is 2.45. The molecule has 6 rings (SSSR count). The van der Waals surface area contributed by atoms with E-state index in [0.717, 1.165) is 47.3 Å². The molecule has 4 heterocycles. The zero-order chi connectivity index (χ0) is 26.6. The van der Waals surface area contributed by atoms with Gasteiger partial charge in [0.2, 0.25) is 5.91 Å². The van der Waals surface area contributed by atoms with Crippen LogP contribution in [0, 0.1) is 0 Å². The van der Waals surface area contributed by atoms with E-state index in [1.165, 1.54) is 0 Å². The third kappa shape index (κ3) is 3.78. The van der Waals surface area contributed by atoms with Gasteiger partial charge in [0.25, 0.3) is 0 Å². The molecule has 2 fully saturated rings. The number of carbonyl (C=O) groups excluding carboxylic acids is 3. The molecule has 2 bridgehead atoms. The molecule has 38 heavy (non-hydrogen) atoms. The van der Waals surface area contributed by atoms with Gasteiger partial charge in [0.1, 0.15) is 11.8 Å². The number of methoxy groups -OCH3 is 3. The average Bonchev–Trinajstić information content (AvgIpc) is 2.96. The minimum absolute atomic E-state index is 0.0469. The minimum atomic E-state index is -0.581. The Morgan fingerprint density at radius 3 is 2.32 bits per heavy atom. The number of piperazine rings is 1. The molecule has 0 aromatic heterocycles. The van der Waals surface area contributed by atoms with Crippen LogP contribution < -0.4 is 14.2 Å². The first-order chi connectivity index (χ1) is 18.4. The van der Waals surface area contributed by atoms with Crippen LogP contribution in [0.25, 0.3) is 0 Å². The van der Waals surface area contributed by atoms with Gasteiger partial charge in [-0.25, -0.2) is 0 Å². The van der Waals surface area contributed by atoms with Gasteiger partial charge >= 0.3 is 11.8 Å². The van der Waals surface area contributed by atoms with Crippen molar-refractivity contribution in [1.82, 2.24) is 14.7 Å². The first-order valence-corrected chi connectivity index (χ1v) is 13.3. The molecular weight excluding hydrogens is 486 g/mol. The van der Waals surface area contributed by atoms with Crippen molar-refractivity contribution in [3.63, 3.8) is 0 Å². The van der Waals surface area contributed by atoms with Crippen LogP contribution in [-0.2, 0) is 33.8 Å². The van der Waals surface area contributed by atoms with Crippen molar-refractivity contribution < 1.29 is 28.6 Å². The number of rotatable bonds is 3. The zero-order valence-electron chi connectivity index (χ0n) is 22.1. The molecular formula is C29H33N3O6. The first-order valence-electron chi connectivity index (χ1n) is 13.3. The van der Waals surface area contributed by atoms with Crippen molar-refractivity contribution in [3.8, 4) is 17.2 Å². The lowest BCUT2D eigenvalue weighted by molar-refractivity contribution is -0.171. The zero-order valence-corrected chi connectivity index (χ0v) is 22.1. The molecule has 2 saturated heterocycles. The normalized spacial score (nSPS) is 23.7. The molecule has 3 atom stereocenters. The fourth-order valence-corrected chi connectivity index (χ4v) is 6.79. The molecule has 0 saturated carbocycles. The van der Waals surface area contributed by atoms with Crippen LogP contribution in [0.3, 0.4) is 0 Å². The number of benzene rings is 2. The fourth-order valence-electron chi connectivity index (χ4n) is 6.79. The van der Waals surface area contributed by atoms with Crippen molar-refractivity contribution in [3.05, 3.63) is 52.6 Å². The van der Waals surface area contributed by atoms with E-state index in [9.17, 15) is 14.4 Å². The number of ether oxygens (including phenoxy) is 3. The van der Waals surface area contributed by atoms with E-state index in [1.54, 1.807) is 31.1 Å². The molecule has 200 valence electrons. The summed E-state index contributed by atoms with van der Waals surface area (Å²) in [6.07, 6.45) is 3.57. The Hall–Kier alpha value is -3.75. The van der Waals surface area contributed by atoms with Gasteiger partial charge in [-0.05, 0) is 78.6 Å². The van der Waals surface area contributed by atoms with Crippen LogP contribution in [0.2, 0.25) is 0 Å². The number of hydrogen-bond donors (Lipinski definition) is 0. The van der Waals surface area contributed by atoms with Crippen molar-refractivity contribution in [2.75, 3.05) is 34.4 Å². The second kappa shape index (κ2) is 9.53. The lowest BCUT2D eigenvalue weighted by atomic mass is 9.78. The maximum absolute atomic E-state index is 13.9. The summed E-state index contributed by atoms with van der Waals surface area (Å²) >= 11 is 0. The first kappa shape index (κ1) is 24.6. The molecule has 3 unspecified atom stereocenters. The van der Waals surface area contributed by atoms with E-state index >= 15 is 0 Å². The number of hydrogen-bond acceptors (Lipinski definition) is 6. The second-order valence-electron chi connectivity index (χ2n) is 10.5. The average molecular weight is 520 g/mol. The number of carbonyl (C=O) groups is 3. The summed E-state index contributed by atoms with van der Waals surface area (Å²) < 4.78 is 16.3. The maximum atomic E-state index is 13.9. The third-order valence-corrected chi connectivity index (χ3v) is 8.65. The van der Waals surface area contributed by atoms with Gasteiger partial charge in [0.05, 0.1) is 33.4 Å². The van der Waals surface area contributed by atoms with Gasteiger partial charge in [-0.1, -0.05) is 6.07 Å². The molecule has 4 aliphatic rings. The summed E-state index contributed by atoms with van der Waals surface area (Å²) in [6, 6.07) is 8.72. The Labute approximate surface area is 222 Å². The summed E-state index contributed by atoms with van der Waals surface area (Å²) in [5, 5.41) is 0. The van der Waals surface area contributed by atoms with Crippen molar-refractivity contribution in [2.45, 2.75) is 56.8 Å². The summed E-state index contributed by atoms with van der Waals surface area (Å²) in [4.78, 5) is 46.4. The van der Waals surface area contributed by atoms with Gasteiger partial charge < -0.3 is 28.9 Å². The number of amides is 3. The van der Waals surface area contributed by atoms with Crippen LogP contribution in [0.4, 0.5) is 0 Å². The van der Waals surface area contributed by atoms with Crippen LogP contribution >= 0.6 is 0 Å². The number of nitrogens with zero attached hydrogens (tertiary/aromatic N) is 3. The van der Waals surface area contributed by atoms with Gasteiger partial charge in [0, 0.05) is 19.6 Å². The van der Waals surface area contributed by atoms with E-state index in [2.05, 4.69) is 0 Å². The van der Waals surface area contributed by atoms with Crippen LogP contribution in [0.5, 0.6) is 17.2 Å². The van der Waals surface area contributed by atoms with Crippen molar-refractivity contribution in [2.24, 2.45) is 0 Å². The van der Waals surface area contributed by atoms with Gasteiger partial charge in [-0.3, -0.25) is 14.4 Å². The molecule has 0 aliphatic carbocycles. The highest BCUT2D eigenvalue weighted by molar-refractivity contribution is 6.35. The summed E-state index contributed by atoms with van der Waals surface area (Å²) in [5.74, 6) is 0.858. The smallest absolute Gasteiger partial charge is 0.313 e. The quantitative estimate of drug-likeness (QED) is 0.579. The molecule has 4 aliphatic heterocycles. The van der Waals surface area contributed by atoms with Crippen molar-refractivity contribution >= 4 is 17.7 Å². The van der Waals surface area contributed by atoms with Gasteiger partial charge in [-0.15, -0.1) is 0 Å². The SMILES string of the molecule is COc1ccc2c(c1)CCN1C(=O)C3CCCC(C21)N3C(=O)C(=O)N1CCc2cc(OC)c(OC)cc2C1. The third-order valence-electron chi connectivity index (χ3n) is 8.65. The Kier molecular flexibility index (Phi) is 6.16. The summed E-state index contributed by atoms with van der Waals surface area (Å²) in [7, 11) is 4.82. The van der Waals surface area contributed by atoms with E-state index in [0.29, 0.717) is 44.0 Å². The minimum Gasteiger partial charge on any atom is -0.497 e. The van der Waals surface area contributed by atoms with Crippen LogP contribution in [-0.4, -0.2) is 78.9 Å². The molecule has 9 nitrogen and oxygen atoms in total. The lowest BCUT2D eigenvalue weighted by Crippen LogP contribution is -2.68. The summed E-state index contributed by atoms with van der Waals surface area (Å²) in [5.41, 5.74) is 4.20. The van der Waals surface area contributed by atoms with Crippen LogP contribution in [0.1, 0.15) is 47.6 Å². The topological polar surface area (TPSA) is 88.6 Å². The standard InChI is InChI=1S/C29H33N3O6/c1-36-20-7-8-21-18(13-20)10-12-31-26(21)22-5-4-6-23(27(31)33)32(22)29(35)28(34)30-11-9-17-14-24(37-2)25(38-3)15-19(17)16-30/h7-8,13-15,22-23,26H,4-6,9-12,16H2,1-3H3. The Morgan fingerprint density at radius 1 is 0.842 bits per heavy atom. The monoisotopic (exact) mass is 519 g/mol. The van der Waals surface area contributed by atoms with Gasteiger partial charge in [-0.2, -0.15) is 0 Å². The Balaban J connectivity index is 1.29. The predicted octanol–water partition coefficient (Wildman–Crippen LogP) is 2.49. The second-order valence-corrected chi connectivity index (χ2v) is 10.5. The van der Waals surface area contributed by atoms with E-state index < -0.39 is 17.9 Å². The van der Waals surface area contributed by atoms with E-state index in [-0.39, 0.29) is 18.0 Å². The molecule has 3 amide bonds. The fraction of sp³-hybridized carbons (Fsp3) is 0.483. The molecule has 0 N–H and O–H groups in total. The maximum Gasteiger partial charge on any atom is 0.313 e. The highest BCUT2D eigenvalue weighted by atomic mass is 16.5. The largest absolute Gasteiger partial charge is 0.497 e. The Bertz CT molecular complexity index is 1310. The molecule has 0 radical (unpaired) electrons. The molecule has 2 aromatic rings. The van der Waals surface area contributed by atoms with E-state index in [1.807, 2.05) is 35.2 Å². The van der Waals surface area contributed by atoms with Crippen LogP contribution in [0.15, 0.2) is 30.3 Å². The molecule has 0 spiro atoms. The summed E-state index contributed by atoms with van der Waals surface area (Å²) in [6.45, 7) is 1.36. The number of fused-ring (bicyclic) bond motifs is 7. The molecule has 9 heteroatoms. The predicted molar refractivity (Wildman–Crippen MR) is 138 cm³/mol. The number of piperidine rings is 1. The highest BCUT2D eigenvalue weighted by Gasteiger charge is 2.53. The molecule has 2 aromatic carbocycles. The van der Waals surface area contributed by atoms with E-state index in [4.69, 9.17) is 14.2 Å². The van der Waals surface area contributed by atoms with Gasteiger partial charge in [0.15, 0.2) is 11.5 Å².